The van der Waals surface area contributed by atoms with Crippen LogP contribution in [0.25, 0.3) is 0 Å². The summed E-state index contributed by atoms with van der Waals surface area (Å²) in [5.41, 5.74) is 1.02. The molecule has 7 nitrogen and oxygen atoms in total. The quantitative estimate of drug-likeness (QED) is 0.723. The summed E-state index contributed by atoms with van der Waals surface area (Å²) in [5.74, 6) is 1.85. The fourth-order valence-corrected chi connectivity index (χ4v) is 4.17. The van der Waals surface area contributed by atoms with Crippen LogP contribution in [0.15, 0.2) is 23.7 Å². The Balaban J connectivity index is 1.59. The van der Waals surface area contributed by atoms with Gasteiger partial charge >= 0.3 is 5.97 Å². The second kappa shape index (κ2) is 9.00. The number of rotatable bonds is 7. The number of anilines is 1. The zero-order valence-corrected chi connectivity index (χ0v) is 15.9. The first-order chi connectivity index (χ1) is 12.6. The van der Waals surface area contributed by atoms with Gasteiger partial charge in [0.1, 0.15) is 6.10 Å². The third-order valence-corrected chi connectivity index (χ3v) is 5.51. The molecule has 0 aliphatic carbocycles. The molecule has 0 bridgehead atoms. The molecular weight excluding hydrogens is 374 g/mol. The van der Waals surface area contributed by atoms with Gasteiger partial charge in [-0.05, 0) is 25.2 Å². The summed E-state index contributed by atoms with van der Waals surface area (Å²) in [4.78, 5) is 32.3. The van der Waals surface area contributed by atoms with Gasteiger partial charge in [-0.2, -0.15) is 11.8 Å². The van der Waals surface area contributed by atoms with Crippen molar-refractivity contribution >= 4 is 40.1 Å². The van der Waals surface area contributed by atoms with Gasteiger partial charge in [-0.25, -0.2) is 9.97 Å². The standard InChI is InChI=1S/C17H19N3O4S2/c1-2-23-15(21)8-12-9-26-17(19-12)20-16(22)11-3-5-18-14(7-11)24-13-4-6-25-10-13/h3,5,7,9,13H,2,4,6,8,10H2,1H3,(H,19,20,22)/t13-/m0/s1. The highest BCUT2D eigenvalue weighted by molar-refractivity contribution is 7.99. The lowest BCUT2D eigenvalue weighted by molar-refractivity contribution is -0.142. The molecule has 1 atom stereocenters. The molecule has 1 N–H and O–H groups in total. The normalized spacial score (nSPS) is 16.3. The molecule has 2 aromatic heterocycles. The zero-order chi connectivity index (χ0) is 18.4. The number of thiazole rings is 1. The first-order valence-electron chi connectivity index (χ1n) is 8.26. The first-order valence-corrected chi connectivity index (χ1v) is 10.3. The predicted molar refractivity (Wildman–Crippen MR) is 101 cm³/mol. The van der Waals surface area contributed by atoms with Crippen molar-refractivity contribution in [2.45, 2.75) is 25.9 Å². The second-order valence-electron chi connectivity index (χ2n) is 5.57. The van der Waals surface area contributed by atoms with Gasteiger partial charge in [-0.3, -0.25) is 14.9 Å². The van der Waals surface area contributed by atoms with Crippen LogP contribution in [0.2, 0.25) is 0 Å². The van der Waals surface area contributed by atoms with Gasteiger partial charge in [0.15, 0.2) is 5.13 Å². The molecule has 9 heteroatoms. The molecule has 3 heterocycles. The summed E-state index contributed by atoms with van der Waals surface area (Å²) >= 11 is 3.11. The van der Waals surface area contributed by atoms with Gasteiger partial charge in [0.25, 0.3) is 5.91 Å². The smallest absolute Gasteiger partial charge is 0.311 e. The third-order valence-electron chi connectivity index (χ3n) is 3.58. The molecule has 0 spiro atoms. The number of nitrogens with one attached hydrogen (secondary N) is 1. The Morgan fingerprint density at radius 3 is 3.08 bits per heavy atom. The SMILES string of the molecule is CCOC(=O)Cc1csc(NC(=O)c2ccnc(O[C@H]3CCSC3)c2)n1. The van der Waals surface area contributed by atoms with E-state index in [0.29, 0.717) is 28.9 Å². The zero-order valence-electron chi connectivity index (χ0n) is 14.3. The molecule has 1 saturated heterocycles. The van der Waals surface area contributed by atoms with Crippen molar-refractivity contribution in [3.05, 3.63) is 35.0 Å². The van der Waals surface area contributed by atoms with Crippen molar-refractivity contribution in [3.8, 4) is 5.88 Å². The summed E-state index contributed by atoms with van der Waals surface area (Å²) in [6.45, 7) is 2.08. The topological polar surface area (TPSA) is 90.4 Å². The lowest BCUT2D eigenvalue weighted by Crippen LogP contribution is -2.17. The lowest BCUT2D eigenvalue weighted by atomic mass is 10.2. The minimum atomic E-state index is -0.336. The van der Waals surface area contributed by atoms with Crippen molar-refractivity contribution in [2.75, 3.05) is 23.4 Å². The Morgan fingerprint density at radius 1 is 1.42 bits per heavy atom. The average Bonchev–Trinajstić information content (AvgIpc) is 3.27. The number of pyridine rings is 1. The number of thioether (sulfide) groups is 1. The Morgan fingerprint density at radius 2 is 2.31 bits per heavy atom. The first kappa shape index (κ1) is 18.7. The molecular formula is C17H19N3O4S2. The minimum absolute atomic E-state index is 0.0901. The summed E-state index contributed by atoms with van der Waals surface area (Å²) in [6, 6.07) is 3.25. The Labute approximate surface area is 159 Å². The maximum atomic E-state index is 12.4. The van der Waals surface area contributed by atoms with E-state index in [9.17, 15) is 9.59 Å². The van der Waals surface area contributed by atoms with E-state index in [1.807, 2.05) is 11.8 Å². The van der Waals surface area contributed by atoms with E-state index in [4.69, 9.17) is 9.47 Å². The fourth-order valence-electron chi connectivity index (χ4n) is 2.37. The second-order valence-corrected chi connectivity index (χ2v) is 7.57. The summed E-state index contributed by atoms with van der Waals surface area (Å²) in [7, 11) is 0. The average molecular weight is 393 g/mol. The van der Waals surface area contributed by atoms with Crippen molar-refractivity contribution in [1.82, 2.24) is 9.97 Å². The monoisotopic (exact) mass is 393 g/mol. The molecule has 1 amide bonds. The largest absolute Gasteiger partial charge is 0.473 e. The highest BCUT2D eigenvalue weighted by Crippen LogP contribution is 2.23. The molecule has 0 aromatic carbocycles. The maximum Gasteiger partial charge on any atom is 0.311 e. The van der Waals surface area contributed by atoms with E-state index in [2.05, 4.69) is 15.3 Å². The number of hydrogen-bond donors (Lipinski definition) is 1. The molecule has 2 aromatic rings. The van der Waals surface area contributed by atoms with Crippen LogP contribution >= 0.6 is 23.1 Å². The molecule has 1 aliphatic heterocycles. The highest BCUT2D eigenvalue weighted by Gasteiger charge is 2.18. The highest BCUT2D eigenvalue weighted by atomic mass is 32.2. The van der Waals surface area contributed by atoms with Crippen LogP contribution < -0.4 is 10.1 Å². The van der Waals surface area contributed by atoms with E-state index in [-0.39, 0.29) is 24.4 Å². The van der Waals surface area contributed by atoms with E-state index in [1.54, 1.807) is 30.6 Å². The third kappa shape index (κ3) is 5.18. The number of hydrogen-bond acceptors (Lipinski definition) is 8. The number of carbonyl (C=O) groups excluding carboxylic acids is 2. The molecule has 138 valence electrons. The predicted octanol–water partition coefficient (Wildman–Crippen LogP) is 2.78. The molecule has 0 unspecified atom stereocenters. The number of ether oxygens (including phenoxy) is 2. The van der Waals surface area contributed by atoms with Crippen molar-refractivity contribution in [3.63, 3.8) is 0 Å². The van der Waals surface area contributed by atoms with Crippen LogP contribution in [0.4, 0.5) is 5.13 Å². The molecule has 26 heavy (non-hydrogen) atoms. The van der Waals surface area contributed by atoms with Gasteiger partial charge in [-0.15, -0.1) is 11.3 Å². The van der Waals surface area contributed by atoms with Crippen LogP contribution in [-0.4, -0.2) is 46.1 Å². The van der Waals surface area contributed by atoms with Crippen molar-refractivity contribution < 1.29 is 19.1 Å². The van der Waals surface area contributed by atoms with Crippen molar-refractivity contribution in [1.29, 1.82) is 0 Å². The van der Waals surface area contributed by atoms with Crippen molar-refractivity contribution in [2.24, 2.45) is 0 Å². The van der Waals surface area contributed by atoms with Crippen LogP contribution in [0.5, 0.6) is 5.88 Å². The van der Waals surface area contributed by atoms with E-state index >= 15 is 0 Å². The van der Waals surface area contributed by atoms with Gasteiger partial charge in [-0.1, -0.05) is 0 Å². The number of carbonyl (C=O) groups is 2. The minimum Gasteiger partial charge on any atom is -0.473 e. The summed E-state index contributed by atoms with van der Waals surface area (Å²) < 4.78 is 10.7. The van der Waals surface area contributed by atoms with Gasteiger partial charge in [0.2, 0.25) is 5.88 Å². The Kier molecular flexibility index (Phi) is 6.45. The summed E-state index contributed by atoms with van der Waals surface area (Å²) in [6.07, 6.45) is 2.79. The van der Waals surface area contributed by atoms with Crippen LogP contribution in [0.1, 0.15) is 29.4 Å². The Bertz CT molecular complexity index is 775. The molecule has 1 fully saturated rings. The van der Waals surface area contributed by atoms with E-state index in [1.165, 1.54) is 11.3 Å². The molecule has 0 radical (unpaired) electrons. The van der Waals surface area contributed by atoms with Crippen LogP contribution in [-0.2, 0) is 16.0 Å². The van der Waals surface area contributed by atoms with Crippen LogP contribution in [0, 0.1) is 0 Å². The summed E-state index contributed by atoms with van der Waals surface area (Å²) in [5, 5.41) is 4.89. The van der Waals surface area contributed by atoms with E-state index < -0.39 is 0 Å². The lowest BCUT2D eigenvalue weighted by Gasteiger charge is -2.11. The van der Waals surface area contributed by atoms with Gasteiger partial charge < -0.3 is 9.47 Å². The van der Waals surface area contributed by atoms with Gasteiger partial charge in [0, 0.05) is 29.0 Å². The number of amides is 1. The van der Waals surface area contributed by atoms with E-state index in [0.717, 1.165) is 17.9 Å². The number of esters is 1. The fraction of sp³-hybridized carbons (Fsp3) is 0.412. The number of aromatic nitrogens is 2. The Hall–Kier alpha value is -2.13. The van der Waals surface area contributed by atoms with Crippen LogP contribution in [0.3, 0.4) is 0 Å². The maximum absolute atomic E-state index is 12.4. The molecule has 0 saturated carbocycles. The van der Waals surface area contributed by atoms with Gasteiger partial charge in [0.05, 0.1) is 18.7 Å². The number of nitrogens with zero attached hydrogens (tertiary/aromatic N) is 2. The molecule has 1 aliphatic rings. The molecule has 3 rings (SSSR count).